The van der Waals surface area contributed by atoms with Gasteiger partial charge in [-0.25, -0.2) is 0 Å². The van der Waals surface area contributed by atoms with Gasteiger partial charge in [0, 0.05) is 25.2 Å². The van der Waals surface area contributed by atoms with Crippen molar-refractivity contribution < 1.29 is 0 Å². The maximum atomic E-state index is 2.58. The first kappa shape index (κ1) is 10.4. The van der Waals surface area contributed by atoms with Gasteiger partial charge in [-0.05, 0) is 26.7 Å². The molecule has 2 fully saturated rings. The lowest BCUT2D eigenvalue weighted by atomic mass is 9.94. The molecule has 0 aromatic carbocycles. The minimum absolute atomic E-state index is 0.670. The molecule has 0 amide bonds. The van der Waals surface area contributed by atoms with Gasteiger partial charge in [0.1, 0.15) is 0 Å². The van der Waals surface area contributed by atoms with Crippen molar-refractivity contribution >= 4 is 0 Å². The maximum Gasteiger partial charge on any atom is 0.0927 e. The van der Waals surface area contributed by atoms with Crippen molar-refractivity contribution in [2.45, 2.75) is 58.0 Å². The molecule has 2 rings (SSSR count). The zero-order chi connectivity index (χ0) is 9.97. The molecule has 14 heavy (non-hydrogen) atoms. The summed E-state index contributed by atoms with van der Waals surface area (Å²) in [7, 11) is 0. The summed E-state index contributed by atoms with van der Waals surface area (Å²) in [5.41, 5.74) is 0. The van der Waals surface area contributed by atoms with E-state index in [1.54, 1.807) is 0 Å². The van der Waals surface area contributed by atoms with E-state index in [-0.39, 0.29) is 0 Å². The zero-order valence-electron chi connectivity index (χ0n) is 9.58. The van der Waals surface area contributed by atoms with E-state index >= 15 is 0 Å². The van der Waals surface area contributed by atoms with E-state index < -0.39 is 0 Å². The van der Waals surface area contributed by atoms with Crippen LogP contribution in [0.3, 0.4) is 0 Å². The normalized spacial score (nSPS) is 27.6. The lowest BCUT2D eigenvalue weighted by Crippen LogP contribution is -2.34. The molecule has 1 saturated heterocycles. The second-order valence-corrected chi connectivity index (χ2v) is 4.98. The molecular weight excluding hydrogens is 172 g/mol. The van der Waals surface area contributed by atoms with E-state index in [0.717, 1.165) is 6.04 Å². The molecule has 0 atom stereocenters. The Labute approximate surface area is 88.3 Å². The largest absolute Gasteiger partial charge is 0.282 e. The monoisotopic (exact) mass is 195 g/mol. The summed E-state index contributed by atoms with van der Waals surface area (Å²) in [5.74, 6) is 0. The lowest BCUT2D eigenvalue weighted by Gasteiger charge is -2.30. The number of rotatable bonds is 2. The van der Waals surface area contributed by atoms with Crippen molar-refractivity contribution in [3.63, 3.8) is 0 Å². The van der Waals surface area contributed by atoms with Gasteiger partial charge in [0.05, 0.1) is 6.67 Å². The quantitative estimate of drug-likeness (QED) is 0.668. The first-order valence-electron chi connectivity index (χ1n) is 6.14. The van der Waals surface area contributed by atoms with Gasteiger partial charge in [-0.3, -0.25) is 9.80 Å². The van der Waals surface area contributed by atoms with Crippen molar-refractivity contribution in [1.29, 1.82) is 0 Å². The van der Waals surface area contributed by atoms with Crippen molar-refractivity contribution in [1.82, 2.24) is 9.80 Å². The SMILES string of the molecule is CC(C)N1[CH]N(C2CCCCC2)CC1. The number of hydrogen-bond donors (Lipinski definition) is 0. The van der Waals surface area contributed by atoms with Gasteiger partial charge in [0.15, 0.2) is 0 Å². The van der Waals surface area contributed by atoms with Gasteiger partial charge in [0.2, 0.25) is 0 Å². The molecule has 0 bridgehead atoms. The van der Waals surface area contributed by atoms with E-state index in [1.807, 2.05) is 0 Å². The first-order valence-corrected chi connectivity index (χ1v) is 6.14. The summed E-state index contributed by atoms with van der Waals surface area (Å²) >= 11 is 0. The molecule has 0 aromatic rings. The van der Waals surface area contributed by atoms with E-state index in [4.69, 9.17) is 0 Å². The summed E-state index contributed by atoms with van der Waals surface area (Å²) in [6, 6.07) is 1.52. The second kappa shape index (κ2) is 4.63. The molecule has 0 spiro atoms. The van der Waals surface area contributed by atoms with Crippen LogP contribution < -0.4 is 0 Å². The van der Waals surface area contributed by atoms with Crippen molar-refractivity contribution in [3.8, 4) is 0 Å². The van der Waals surface area contributed by atoms with E-state index in [0.29, 0.717) is 6.04 Å². The summed E-state index contributed by atoms with van der Waals surface area (Å²) in [6.45, 7) is 9.42. The topological polar surface area (TPSA) is 6.48 Å². The first-order chi connectivity index (χ1) is 6.77. The van der Waals surface area contributed by atoms with Crippen LogP contribution in [0, 0.1) is 6.67 Å². The van der Waals surface area contributed by atoms with Crippen LogP contribution in [0.25, 0.3) is 0 Å². The van der Waals surface area contributed by atoms with E-state index in [2.05, 4.69) is 30.3 Å². The predicted octanol–water partition coefficient (Wildman–Crippen LogP) is 2.46. The summed E-state index contributed by atoms with van der Waals surface area (Å²) in [5, 5.41) is 0. The van der Waals surface area contributed by atoms with Gasteiger partial charge < -0.3 is 0 Å². The molecule has 1 aliphatic heterocycles. The Morgan fingerprint density at radius 2 is 1.79 bits per heavy atom. The van der Waals surface area contributed by atoms with Crippen molar-refractivity contribution in [2.75, 3.05) is 13.1 Å². The van der Waals surface area contributed by atoms with Crippen LogP contribution in [0.5, 0.6) is 0 Å². The van der Waals surface area contributed by atoms with Gasteiger partial charge in [-0.15, -0.1) is 0 Å². The van der Waals surface area contributed by atoms with E-state index in [1.165, 1.54) is 45.2 Å². The third kappa shape index (κ3) is 2.29. The lowest BCUT2D eigenvalue weighted by molar-refractivity contribution is 0.196. The molecular formula is C12H23N2. The maximum absolute atomic E-state index is 2.58. The summed E-state index contributed by atoms with van der Waals surface area (Å²) in [6.07, 6.45) is 7.18. The van der Waals surface area contributed by atoms with Crippen LogP contribution in [0.15, 0.2) is 0 Å². The molecule has 0 unspecified atom stereocenters. The molecule has 1 heterocycles. The van der Waals surface area contributed by atoms with Crippen LogP contribution in [-0.4, -0.2) is 35.0 Å². The molecule has 0 N–H and O–H groups in total. The van der Waals surface area contributed by atoms with Gasteiger partial charge in [-0.2, -0.15) is 0 Å². The fraction of sp³-hybridized carbons (Fsp3) is 0.917. The molecule has 2 heteroatoms. The Morgan fingerprint density at radius 3 is 2.36 bits per heavy atom. The van der Waals surface area contributed by atoms with Crippen LogP contribution in [-0.2, 0) is 0 Å². The van der Waals surface area contributed by atoms with Crippen LogP contribution in [0.2, 0.25) is 0 Å². The minimum atomic E-state index is 0.670. The highest BCUT2D eigenvalue weighted by atomic mass is 15.4. The Hall–Kier alpha value is -0.0800. The van der Waals surface area contributed by atoms with Crippen LogP contribution in [0.1, 0.15) is 46.0 Å². The number of nitrogens with zero attached hydrogens (tertiary/aromatic N) is 2. The zero-order valence-corrected chi connectivity index (χ0v) is 9.58. The third-order valence-corrected chi connectivity index (χ3v) is 3.62. The Bertz CT molecular complexity index is 173. The predicted molar refractivity (Wildman–Crippen MR) is 59.7 cm³/mol. The molecule has 0 aromatic heterocycles. The van der Waals surface area contributed by atoms with Crippen LogP contribution in [0.4, 0.5) is 0 Å². The smallest absolute Gasteiger partial charge is 0.0927 e. The Balaban J connectivity index is 1.82. The van der Waals surface area contributed by atoms with Gasteiger partial charge in [-0.1, -0.05) is 19.3 Å². The summed E-state index contributed by atoms with van der Waals surface area (Å²) in [4.78, 5) is 5.05. The second-order valence-electron chi connectivity index (χ2n) is 4.98. The molecule has 1 radical (unpaired) electrons. The Kier molecular flexibility index (Phi) is 3.45. The molecule has 2 aliphatic rings. The average molecular weight is 195 g/mol. The van der Waals surface area contributed by atoms with Gasteiger partial charge in [0.25, 0.3) is 0 Å². The summed E-state index contributed by atoms with van der Waals surface area (Å²) < 4.78 is 0. The molecule has 1 saturated carbocycles. The number of hydrogen-bond acceptors (Lipinski definition) is 2. The average Bonchev–Trinajstić information content (AvgIpc) is 2.68. The fourth-order valence-electron chi connectivity index (χ4n) is 2.62. The highest BCUT2D eigenvalue weighted by Crippen LogP contribution is 2.26. The minimum Gasteiger partial charge on any atom is -0.282 e. The standard InChI is InChI=1S/C12H23N2/c1-11(2)13-8-9-14(10-13)12-6-4-3-5-7-12/h10-12H,3-9H2,1-2H3. The molecule has 1 aliphatic carbocycles. The van der Waals surface area contributed by atoms with Gasteiger partial charge >= 0.3 is 0 Å². The highest BCUT2D eigenvalue weighted by molar-refractivity contribution is 4.88. The molecule has 2 nitrogen and oxygen atoms in total. The van der Waals surface area contributed by atoms with Crippen molar-refractivity contribution in [2.24, 2.45) is 0 Å². The fourth-order valence-corrected chi connectivity index (χ4v) is 2.62. The Morgan fingerprint density at radius 1 is 1.07 bits per heavy atom. The molecule has 81 valence electrons. The van der Waals surface area contributed by atoms with E-state index in [9.17, 15) is 0 Å². The third-order valence-electron chi connectivity index (χ3n) is 3.62. The van der Waals surface area contributed by atoms with Crippen molar-refractivity contribution in [3.05, 3.63) is 6.67 Å². The highest BCUT2D eigenvalue weighted by Gasteiger charge is 2.28. The van der Waals surface area contributed by atoms with Crippen LogP contribution >= 0.6 is 0 Å².